The number of oxime groups is 1. The summed E-state index contributed by atoms with van der Waals surface area (Å²) in [6.45, 7) is 0. The number of alkyl halides is 9. The summed E-state index contributed by atoms with van der Waals surface area (Å²) in [7, 11) is 0. The van der Waals surface area contributed by atoms with Gasteiger partial charge in [-0.2, -0.15) is 39.5 Å². The predicted octanol–water partition coefficient (Wildman–Crippen LogP) is 8.77. The van der Waals surface area contributed by atoms with E-state index in [-0.39, 0.29) is 24.1 Å². The van der Waals surface area contributed by atoms with Crippen LogP contribution in [0.3, 0.4) is 0 Å². The SMILES string of the molecule is O=C(CCCC(F)(F)F)c1ccc(/C=C/C2=NOC(c3cc(Cl)cc(C(F)(F)F)c3)(C(F)(F)F)C2)n2cccc12. The molecule has 0 aliphatic carbocycles. The predicted molar refractivity (Wildman–Crippen MR) is 128 cm³/mol. The van der Waals surface area contributed by atoms with Gasteiger partial charge in [0.25, 0.3) is 5.60 Å². The first-order chi connectivity index (χ1) is 18.5. The van der Waals surface area contributed by atoms with Crippen LogP contribution in [0.1, 0.15) is 52.9 Å². The van der Waals surface area contributed by atoms with Gasteiger partial charge in [0, 0.05) is 47.3 Å². The van der Waals surface area contributed by atoms with Crippen LogP contribution in [0.5, 0.6) is 0 Å². The second-order valence-corrected chi connectivity index (χ2v) is 9.50. The highest BCUT2D eigenvalue weighted by atomic mass is 35.5. The smallest absolute Gasteiger partial charge is 0.374 e. The van der Waals surface area contributed by atoms with E-state index in [2.05, 4.69) is 5.16 Å². The highest BCUT2D eigenvalue weighted by Gasteiger charge is 2.62. The molecule has 214 valence electrons. The van der Waals surface area contributed by atoms with Gasteiger partial charge in [-0.05, 0) is 61.0 Å². The number of carbonyl (C=O) groups is 1. The van der Waals surface area contributed by atoms with Crippen LogP contribution in [-0.2, 0) is 16.6 Å². The molecule has 0 amide bonds. The molecule has 1 aliphatic rings. The third-order valence-electron chi connectivity index (χ3n) is 6.23. The lowest BCUT2D eigenvalue weighted by molar-refractivity contribution is -0.276. The number of hydrogen-bond donors (Lipinski definition) is 0. The number of ketones is 1. The van der Waals surface area contributed by atoms with Crippen molar-refractivity contribution in [2.75, 3.05) is 0 Å². The molecule has 0 saturated heterocycles. The summed E-state index contributed by atoms with van der Waals surface area (Å²) in [6.07, 6.45) is -13.2. The normalized spacial score (nSPS) is 18.4. The van der Waals surface area contributed by atoms with Gasteiger partial charge in [0.05, 0.1) is 16.8 Å². The van der Waals surface area contributed by atoms with Crippen molar-refractivity contribution in [3.05, 3.63) is 82.1 Å². The topological polar surface area (TPSA) is 43.1 Å². The fraction of sp³-hybridized carbons (Fsp3) is 0.308. The zero-order chi connectivity index (χ0) is 29.5. The van der Waals surface area contributed by atoms with Crippen molar-refractivity contribution in [1.29, 1.82) is 0 Å². The first-order valence-electron chi connectivity index (χ1n) is 11.6. The van der Waals surface area contributed by atoms with E-state index in [9.17, 15) is 44.3 Å². The van der Waals surface area contributed by atoms with Crippen molar-refractivity contribution >= 4 is 34.7 Å². The Morgan fingerprint density at radius 1 is 1.02 bits per heavy atom. The summed E-state index contributed by atoms with van der Waals surface area (Å²) >= 11 is 5.70. The first-order valence-corrected chi connectivity index (χ1v) is 12.0. The Kier molecular flexibility index (Phi) is 7.74. The first kappa shape index (κ1) is 29.5. The average Bonchev–Trinajstić information content (AvgIpc) is 3.49. The van der Waals surface area contributed by atoms with Crippen LogP contribution in [0.25, 0.3) is 11.6 Å². The third kappa shape index (κ3) is 6.13. The van der Waals surface area contributed by atoms with Crippen LogP contribution in [0.4, 0.5) is 39.5 Å². The largest absolute Gasteiger partial charge is 0.435 e. The van der Waals surface area contributed by atoms with E-state index < -0.39 is 58.9 Å². The molecular formula is C26H18ClF9N2O2. The maximum atomic E-state index is 14.2. The van der Waals surface area contributed by atoms with E-state index in [0.717, 1.165) is 6.07 Å². The minimum absolute atomic E-state index is 0.170. The van der Waals surface area contributed by atoms with Crippen LogP contribution in [-0.4, -0.2) is 28.2 Å². The van der Waals surface area contributed by atoms with Gasteiger partial charge in [-0.3, -0.25) is 4.79 Å². The molecule has 3 aromatic rings. The quantitative estimate of drug-likeness (QED) is 0.202. The zero-order valence-corrected chi connectivity index (χ0v) is 20.8. The summed E-state index contributed by atoms with van der Waals surface area (Å²) < 4.78 is 121. The number of aromatic nitrogens is 1. The lowest BCUT2D eigenvalue weighted by Gasteiger charge is -2.30. The highest BCUT2D eigenvalue weighted by molar-refractivity contribution is 6.30. The molecule has 3 heterocycles. The molecule has 14 heteroatoms. The van der Waals surface area contributed by atoms with Gasteiger partial charge in [0.1, 0.15) is 0 Å². The van der Waals surface area contributed by atoms with Crippen LogP contribution in [0, 0.1) is 0 Å². The van der Waals surface area contributed by atoms with Crippen molar-refractivity contribution in [3.63, 3.8) is 0 Å². The number of nitrogens with zero attached hydrogens (tertiary/aromatic N) is 2. The zero-order valence-electron chi connectivity index (χ0n) is 20.1. The molecule has 4 rings (SSSR count). The number of pyridine rings is 1. The van der Waals surface area contributed by atoms with Crippen molar-refractivity contribution in [2.24, 2.45) is 5.16 Å². The monoisotopic (exact) mass is 596 g/mol. The number of carbonyl (C=O) groups excluding carboxylic acids is 1. The van der Waals surface area contributed by atoms with Crippen molar-refractivity contribution in [3.8, 4) is 0 Å². The molecule has 0 bridgehead atoms. The molecule has 1 unspecified atom stereocenters. The molecule has 0 radical (unpaired) electrons. The molecule has 40 heavy (non-hydrogen) atoms. The number of hydrogen-bond acceptors (Lipinski definition) is 3. The van der Waals surface area contributed by atoms with Crippen LogP contribution >= 0.6 is 11.6 Å². The van der Waals surface area contributed by atoms with Crippen LogP contribution in [0.2, 0.25) is 5.02 Å². The van der Waals surface area contributed by atoms with E-state index in [0.29, 0.717) is 23.3 Å². The van der Waals surface area contributed by atoms with E-state index in [1.165, 1.54) is 28.7 Å². The molecule has 0 N–H and O–H groups in total. The Hall–Kier alpha value is -3.48. The molecule has 1 atom stereocenters. The van der Waals surface area contributed by atoms with Gasteiger partial charge in [0.15, 0.2) is 5.78 Å². The number of allylic oxidation sites excluding steroid dienone is 1. The van der Waals surface area contributed by atoms with E-state index >= 15 is 0 Å². The van der Waals surface area contributed by atoms with Crippen LogP contribution in [0.15, 0.2) is 59.9 Å². The van der Waals surface area contributed by atoms with E-state index in [1.807, 2.05) is 0 Å². The van der Waals surface area contributed by atoms with E-state index in [1.54, 1.807) is 18.3 Å². The van der Waals surface area contributed by atoms with Gasteiger partial charge < -0.3 is 9.24 Å². The highest BCUT2D eigenvalue weighted by Crippen LogP contribution is 2.49. The summed E-state index contributed by atoms with van der Waals surface area (Å²) in [6, 6.07) is 7.51. The Balaban J connectivity index is 1.59. The molecule has 1 aromatic carbocycles. The molecule has 2 aromatic heterocycles. The number of rotatable bonds is 7. The summed E-state index contributed by atoms with van der Waals surface area (Å²) in [4.78, 5) is 17.3. The standard InChI is InChI=1S/C26H18ClF9N2O2/c27-17-12-15(11-16(13-17)25(31,32)33)23(26(34,35)36)14-18(37-40-23)5-6-19-7-8-20(21-3-2-10-38(19)21)22(39)4-1-9-24(28,29)30/h2-3,5-8,10-13H,1,4,9,14H2/b6-5+. The molecule has 1 aliphatic heterocycles. The molecule has 0 saturated carbocycles. The van der Waals surface area contributed by atoms with Gasteiger partial charge in [-0.15, -0.1) is 0 Å². The van der Waals surface area contributed by atoms with E-state index in [4.69, 9.17) is 16.4 Å². The molecule has 4 nitrogen and oxygen atoms in total. The number of Topliss-reactive ketones (excluding diaryl/α,β-unsaturated/α-hetero) is 1. The summed E-state index contributed by atoms with van der Waals surface area (Å²) in [5.41, 5.74) is -4.79. The van der Waals surface area contributed by atoms with Crippen LogP contribution < -0.4 is 0 Å². The maximum Gasteiger partial charge on any atom is 0.435 e. The number of fused-ring (bicyclic) bond motifs is 1. The summed E-state index contributed by atoms with van der Waals surface area (Å²) in [5.74, 6) is -0.508. The van der Waals surface area contributed by atoms with Crippen molar-refractivity contribution in [1.82, 2.24) is 4.40 Å². The Bertz CT molecular complexity index is 1490. The lowest BCUT2D eigenvalue weighted by Crippen LogP contribution is -2.42. The number of benzene rings is 1. The Morgan fingerprint density at radius 3 is 2.40 bits per heavy atom. The Morgan fingerprint density at radius 2 is 1.75 bits per heavy atom. The minimum atomic E-state index is -5.17. The Labute approximate surface area is 225 Å². The molecule has 0 fully saturated rings. The third-order valence-corrected chi connectivity index (χ3v) is 6.45. The average molecular weight is 597 g/mol. The second-order valence-electron chi connectivity index (χ2n) is 9.06. The van der Waals surface area contributed by atoms with Crippen molar-refractivity contribution < 1.29 is 49.1 Å². The van der Waals surface area contributed by atoms with Gasteiger partial charge in [0.2, 0.25) is 0 Å². The van der Waals surface area contributed by atoms with Gasteiger partial charge in [-0.1, -0.05) is 16.8 Å². The summed E-state index contributed by atoms with van der Waals surface area (Å²) in [5, 5.41) is 2.90. The fourth-order valence-electron chi connectivity index (χ4n) is 4.30. The fourth-order valence-corrected chi connectivity index (χ4v) is 4.53. The molecular weight excluding hydrogens is 579 g/mol. The number of halogens is 10. The van der Waals surface area contributed by atoms with Crippen molar-refractivity contribution in [2.45, 2.75) is 49.8 Å². The second kappa shape index (κ2) is 10.5. The lowest BCUT2D eigenvalue weighted by atomic mass is 9.87. The maximum absolute atomic E-state index is 14.2. The molecule has 0 spiro atoms. The van der Waals surface area contributed by atoms with Gasteiger partial charge in [-0.25, -0.2) is 0 Å². The van der Waals surface area contributed by atoms with Gasteiger partial charge >= 0.3 is 18.5 Å². The minimum Gasteiger partial charge on any atom is -0.374 e.